The Balaban J connectivity index is 0.00000306. The lowest BCUT2D eigenvalue weighted by Crippen LogP contribution is -2.03. The number of benzene rings is 3. The monoisotopic (exact) mass is 462 g/mol. The SMILES string of the molecule is COc1ccc(-c2ccc(OCc3ccccc3)nc2OCc2ccccc2)cc1CN.Cl. The molecule has 0 bridgehead atoms. The Morgan fingerprint density at radius 1 is 0.758 bits per heavy atom. The van der Waals surface area contributed by atoms with Crippen molar-refractivity contribution in [3.8, 4) is 28.6 Å². The normalized spacial score (nSPS) is 10.2. The number of rotatable bonds is 9. The molecule has 1 heterocycles. The smallest absolute Gasteiger partial charge is 0.225 e. The summed E-state index contributed by atoms with van der Waals surface area (Å²) in [5.74, 6) is 1.78. The first-order valence-electron chi connectivity index (χ1n) is 10.5. The maximum atomic E-state index is 6.15. The Kier molecular flexibility index (Phi) is 8.70. The van der Waals surface area contributed by atoms with Gasteiger partial charge in [0.2, 0.25) is 11.8 Å². The number of aromatic nitrogens is 1. The molecule has 5 nitrogen and oxygen atoms in total. The fourth-order valence-corrected chi connectivity index (χ4v) is 3.40. The second-order valence-electron chi connectivity index (χ2n) is 7.28. The Morgan fingerprint density at radius 2 is 1.39 bits per heavy atom. The van der Waals surface area contributed by atoms with Crippen molar-refractivity contribution in [2.45, 2.75) is 19.8 Å². The number of ether oxygens (including phenoxy) is 3. The van der Waals surface area contributed by atoms with Gasteiger partial charge in [-0.2, -0.15) is 4.98 Å². The van der Waals surface area contributed by atoms with Gasteiger partial charge in [-0.1, -0.05) is 66.7 Å². The molecule has 4 aromatic rings. The predicted molar refractivity (Wildman–Crippen MR) is 133 cm³/mol. The van der Waals surface area contributed by atoms with Crippen molar-refractivity contribution in [1.29, 1.82) is 0 Å². The van der Waals surface area contributed by atoms with Crippen LogP contribution >= 0.6 is 12.4 Å². The van der Waals surface area contributed by atoms with Crippen LogP contribution in [0.5, 0.6) is 17.5 Å². The van der Waals surface area contributed by atoms with Crippen LogP contribution in [-0.4, -0.2) is 12.1 Å². The van der Waals surface area contributed by atoms with Crippen molar-refractivity contribution < 1.29 is 14.2 Å². The molecule has 0 fully saturated rings. The van der Waals surface area contributed by atoms with E-state index in [0.717, 1.165) is 33.6 Å². The van der Waals surface area contributed by atoms with Gasteiger partial charge in [-0.05, 0) is 34.9 Å². The fourth-order valence-electron chi connectivity index (χ4n) is 3.40. The average Bonchev–Trinajstić information content (AvgIpc) is 2.87. The van der Waals surface area contributed by atoms with Crippen LogP contribution in [0.4, 0.5) is 0 Å². The molecule has 6 heteroatoms. The summed E-state index contributed by atoms with van der Waals surface area (Å²) in [7, 11) is 1.64. The average molecular weight is 463 g/mol. The van der Waals surface area contributed by atoms with Crippen LogP contribution in [0, 0.1) is 0 Å². The molecule has 0 saturated carbocycles. The fraction of sp³-hybridized carbons (Fsp3) is 0.148. The van der Waals surface area contributed by atoms with Crippen molar-refractivity contribution >= 4 is 12.4 Å². The minimum absolute atomic E-state index is 0. The van der Waals surface area contributed by atoms with E-state index >= 15 is 0 Å². The maximum absolute atomic E-state index is 6.15. The van der Waals surface area contributed by atoms with Crippen LogP contribution < -0.4 is 19.9 Å². The van der Waals surface area contributed by atoms with Crippen molar-refractivity contribution in [2.24, 2.45) is 5.73 Å². The van der Waals surface area contributed by atoms with Gasteiger partial charge in [-0.3, -0.25) is 0 Å². The predicted octanol–water partition coefficient (Wildman–Crippen LogP) is 5.80. The van der Waals surface area contributed by atoms with Gasteiger partial charge in [0.05, 0.1) is 7.11 Å². The standard InChI is InChI=1S/C27H26N2O3.ClH/c1-30-25-14-12-22(16-23(25)17-28)24-13-15-26(31-18-20-8-4-2-5-9-20)29-27(24)32-19-21-10-6-3-7-11-21;/h2-16H,17-19,28H2,1H3;1H. The summed E-state index contributed by atoms with van der Waals surface area (Å²) in [6.45, 7) is 1.22. The lowest BCUT2D eigenvalue weighted by Gasteiger charge is -2.15. The molecule has 3 aromatic carbocycles. The molecule has 0 unspecified atom stereocenters. The minimum atomic E-state index is 0. The van der Waals surface area contributed by atoms with Gasteiger partial charge < -0.3 is 19.9 Å². The van der Waals surface area contributed by atoms with E-state index in [1.807, 2.05) is 91.0 Å². The van der Waals surface area contributed by atoms with Crippen molar-refractivity contribution in [2.75, 3.05) is 7.11 Å². The number of halogens is 1. The van der Waals surface area contributed by atoms with Crippen LogP contribution in [0.2, 0.25) is 0 Å². The van der Waals surface area contributed by atoms with Gasteiger partial charge in [0.15, 0.2) is 0 Å². The third-order valence-electron chi connectivity index (χ3n) is 5.09. The number of hydrogen-bond donors (Lipinski definition) is 1. The van der Waals surface area contributed by atoms with E-state index in [2.05, 4.69) is 4.98 Å². The molecule has 0 radical (unpaired) electrons. The number of nitrogens with two attached hydrogens (primary N) is 1. The van der Waals surface area contributed by atoms with E-state index in [-0.39, 0.29) is 12.4 Å². The maximum Gasteiger partial charge on any atom is 0.225 e. The summed E-state index contributed by atoms with van der Waals surface area (Å²) in [5, 5.41) is 0. The molecule has 0 amide bonds. The first-order chi connectivity index (χ1) is 15.8. The van der Waals surface area contributed by atoms with Gasteiger partial charge in [-0.15, -0.1) is 12.4 Å². The largest absolute Gasteiger partial charge is 0.496 e. The van der Waals surface area contributed by atoms with Gasteiger partial charge in [0.25, 0.3) is 0 Å². The second-order valence-corrected chi connectivity index (χ2v) is 7.28. The summed E-state index contributed by atoms with van der Waals surface area (Å²) in [6, 6.07) is 29.7. The molecular weight excluding hydrogens is 436 g/mol. The Hall–Kier alpha value is -3.54. The molecule has 0 aliphatic carbocycles. The third-order valence-corrected chi connectivity index (χ3v) is 5.09. The first-order valence-corrected chi connectivity index (χ1v) is 10.5. The quantitative estimate of drug-likeness (QED) is 0.340. The van der Waals surface area contributed by atoms with Crippen LogP contribution in [0.1, 0.15) is 16.7 Å². The number of pyridine rings is 1. The molecule has 170 valence electrons. The highest BCUT2D eigenvalue weighted by atomic mass is 35.5. The highest BCUT2D eigenvalue weighted by Crippen LogP contribution is 2.34. The van der Waals surface area contributed by atoms with Crippen molar-refractivity contribution in [1.82, 2.24) is 4.98 Å². The molecule has 0 spiro atoms. The van der Waals surface area contributed by atoms with Gasteiger partial charge in [0, 0.05) is 23.7 Å². The second kappa shape index (κ2) is 11.9. The Labute approximate surface area is 200 Å². The molecule has 0 atom stereocenters. The topological polar surface area (TPSA) is 66.6 Å². The molecular formula is C27H27ClN2O3. The lowest BCUT2D eigenvalue weighted by atomic mass is 10.0. The summed E-state index contributed by atoms with van der Waals surface area (Å²) >= 11 is 0. The van der Waals surface area contributed by atoms with E-state index < -0.39 is 0 Å². The molecule has 0 aliphatic rings. The van der Waals surface area contributed by atoms with E-state index in [0.29, 0.717) is 31.5 Å². The molecule has 2 N–H and O–H groups in total. The lowest BCUT2D eigenvalue weighted by molar-refractivity contribution is 0.268. The highest BCUT2D eigenvalue weighted by molar-refractivity contribution is 5.85. The first kappa shape index (κ1) is 24.1. The van der Waals surface area contributed by atoms with Crippen LogP contribution in [0.25, 0.3) is 11.1 Å². The van der Waals surface area contributed by atoms with Gasteiger partial charge in [-0.25, -0.2) is 0 Å². The van der Waals surface area contributed by atoms with E-state index in [4.69, 9.17) is 19.9 Å². The molecule has 1 aromatic heterocycles. The summed E-state index contributed by atoms with van der Waals surface area (Å²) < 4.78 is 17.5. The van der Waals surface area contributed by atoms with E-state index in [1.54, 1.807) is 7.11 Å². The van der Waals surface area contributed by atoms with Crippen molar-refractivity contribution in [3.05, 3.63) is 108 Å². The Morgan fingerprint density at radius 3 is 2.00 bits per heavy atom. The zero-order chi connectivity index (χ0) is 22.2. The Bertz CT molecular complexity index is 1150. The molecule has 0 aliphatic heterocycles. The van der Waals surface area contributed by atoms with Crippen LogP contribution in [0.15, 0.2) is 91.0 Å². The van der Waals surface area contributed by atoms with Crippen LogP contribution in [-0.2, 0) is 19.8 Å². The number of methoxy groups -OCH3 is 1. The summed E-state index contributed by atoms with van der Waals surface area (Å²) in [5.41, 5.74) is 10.8. The third kappa shape index (κ3) is 6.25. The van der Waals surface area contributed by atoms with Gasteiger partial charge >= 0.3 is 0 Å². The molecule has 0 saturated heterocycles. The zero-order valence-corrected chi connectivity index (χ0v) is 19.3. The van der Waals surface area contributed by atoms with Crippen molar-refractivity contribution in [3.63, 3.8) is 0 Å². The van der Waals surface area contributed by atoms with Gasteiger partial charge in [0.1, 0.15) is 19.0 Å². The number of nitrogens with zero attached hydrogens (tertiary/aromatic N) is 1. The molecule has 33 heavy (non-hydrogen) atoms. The zero-order valence-electron chi connectivity index (χ0n) is 18.4. The van der Waals surface area contributed by atoms with E-state index in [9.17, 15) is 0 Å². The number of hydrogen-bond acceptors (Lipinski definition) is 5. The minimum Gasteiger partial charge on any atom is -0.496 e. The van der Waals surface area contributed by atoms with E-state index in [1.165, 1.54) is 0 Å². The molecule has 4 rings (SSSR count). The highest BCUT2D eigenvalue weighted by Gasteiger charge is 2.13. The summed E-state index contributed by atoms with van der Waals surface area (Å²) in [6.07, 6.45) is 0. The summed E-state index contributed by atoms with van der Waals surface area (Å²) in [4.78, 5) is 4.67. The van der Waals surface area contributed by atoms with Crippen LogP contribution in [0.3, 0.4) is 0 Å².